The van der Waals surface area contributed by atoms with Crippen LogP contribution in [0.5, 0.6) is 5.75 Å². The average Bonchev–Trinajstić information content (AvgIpc) is 2.70. The van der Waals surface area contributed by atoms with E-state index in [9.17, 15) is 39.6 Å². The van der Waals surface area contributed by atoms with Crippen molar-refractivity contribution in [2.24, 2.45) is 22.4 Å². The summed E-state index contributed by atoms with van der Waals surface area (Å²) in [6.45, 7) is 3.76. The van der Waals surface area contributed by atoms with Gasteiger partial charge in [-0.3, -0.25) is 4.99 Å². The van der Waals surface area contributed by atoms with Crippen molar-refractivity contribution in [1.82, 2.24) is 0 Å². The molecule has 0 amide bonds. The van der Waals surface area contributed by atoms with Crippen molar-refractivity contribution < 1.29 is 163 Å². The van der Waals surface area contributed by atoms with Crippen LogP contribution in [0, 0.1) is 5.92 Å². The summed E-state index contributed by atoms with van der Waals surface area (Å²) in [4.78, 5) is 45.2. The number of aliphatic imine (C=N–C) groups is 1. The van der Waals surface area contributed by atoms with Gasteiger partial charge in [0.1, 0.15) is 12.4 Å². The molecule has 0 aliphatic heterocycles. The quantitative estimate of drug-likeness (QED) is 0.0858. The van der Waals surface area contributed by atoms with Crippen LogP contribution in [0.25, 0.3) is 0 Å². The third-order valence-corrected chi connectivity index (χ3v) is 3.68. The molecule has 0 aromatic heterocycles. The molecule has 0 aliphatic rings. The summed E-state index contributed by atoms with van der Waals surface area (Å²) < 4.78 is 5.42. The summed E-state index contributed by atoms with van der Waals surface area (Å²) in [6, 6.07) is 6.58. The molecule has 1 aromatic rings. The van der Waals surface area contributed by atoms with Crippen molar-refractivity contribution in [1.29, 1.82) is 0 Å². The third kappa shape index (κ3) is 23.3. The molecule has 0 heterocycles. The molecule has 0 unspecified atom stereocenters. The van der Waals surface area contributed by atoms with Gasteiger partial charge >= 0.3 is 118 Å². The Morgan fingerprint density at radius 3 is 1.65 bits per heavy atom. The second-order valence-electron chi connectivity index (χ2n) is 6.57. The summed E-state index contributed by atoms with van der Waals surface area (Å²) in [7, 11) is 0. The Labute approximate surface area is 303 Å². The van der Waals surface area contributed by atoms with Crippen LogP contribution in [-0.4, -0.2) is 43.0 Å². The Kier molecular flexibility index (Phi) is 32.6. The first-order chi connectivity index (χ1) is 15.3. The molecule has 4 N–H and O–H groups in total. The number of rotatable bonds is 11. The number of ether oxygens (including phenoxy) is 1. The Balaban J connectivity index is -0.000000248. The van der Waals surface area contributed by atoms with Gasteiger partial charge in [0, 0.05) is 0 Å². The Bertz CT molecular complexity index is 931. The zero-order valence-corrected chi connectivity index (χ0v) is 29.9. The van der Waals surface area contributed by atoms with Gasteiger partial charge in [-0.25, -0.2) is 0 Å². The molecule has 0 aliphatic carbocycles. The number of hydrogen-bond donors (Lipinski definition) is 2. The molecule has 1 aromatic carbocycles. The molecule has 37 heavy (non-hydrogen) atoms. The molecule has 1 rings (SSSR count). The maximum absolute atomic E-state index is 11.3. The van der Waals surface area contributed by atoms with Crippen LogP contribution in [0.15, 0.2) is 52.6 Å². The van der Waals surface area contributed by atoms with E-state index in [0.29, 0.717) is 30.0 Å². The number of benzene rings is 1. The van der Waals surface area contributed by atoms with Crippen molar-refractivity contribution in [2.45, 2.75) is 20.3 Å². The predicted molar refractivity (Wildman–Crippen MR) is 107 cm³/mol. The molecule has 0 spiro atoms. The third-order valence-electron chi connectivity index (χ3n) is 3.68. The largest absolute Gasteiger partial charge is 1.00 e. The van der Waals surface area contributed by atoms with E-state index in [4.69, 9.17) is 16.2 Å². The van der Waals surface area contributed by atoms with Gasteiger partial charge in [0.05, 0.1) is 30.4 Å². The topological polar surface area (TPSA) is 234 Å². The molecule has 180 valence electrons. The van der Waals surface area contributed by atoms with E-state index in [2.05, 4.69) is 4.99 Å². The zero-order valence-electron chi connectivity index (χ0n) is 21.9. The van der Waals surface area contributed by atoms with Crippen LogP contribution < -0.4 is 155 Å². The van der Waals surface area contributed by atoms with Crippen molar-refractivity contribution in [3.63, 3.8) is 0 Å². The van der Waals surface area contributed by atoms with E-state index < -0.39 is 29.8 Å². The molecule has 0 saturated heterocycles. The van der Waals surface area contributed by atoms with E-state index >= 15 is 0 Å². The molecule has 0 radical (unpaired) electrons. The van der Waals surface area contributed by atoms with Crippen LogP contribution in [0.1, 0.15) is 19.4 Å². The summed E-state index contributed by atoms with van der Waals surface area (Å²) in [6.07, 6.45) is 0.683. The van der Waals surface area contributed by atoms with Gasteiger partial charge in [0.2, 0.25) is 0 Å². The normalized spacial score (nSPS) is 9.92. The zero-order chi connectivity index (χ0) is 25.6. The fourth-order valence-corrected chi connectivity index (χ4v) is 2.37. The van der Waals surface area contributed by atoms with Gasteiger partial charge in [-0.05, 0) is 53.3 Å². The average molecular weight is 553 g/mol. The monoisotopic (exact) mass is 553 g/mol. The number of carbonyl (C=O) groups is 4. The van der Waals surface area contributed by atoms with Crippen LogP contribution in [0.3, 0.4) is 0 Å². The second kappa shape index (κ2) is 25.9. The molecule has 12 nitrogen and oxygen atoms in total. The number of carboxylic acid groups (broad SMARTS) is 4. The second-order valence-corrected chi connectivity index (χ2v) is 6.57. The number of nitrogens with two attached hydrogens (primary N) is 2. The fraction of sp³-hybridized carbons (Fsp3) is 0.286. The maximum atomic E-state index is 11.3. The number of hydrogen-bond acceptors (Lipinski definition) is 10. The predicted octanol–water partition coefficient (Wildman–Crippen LogP) is -16.6. The van der Waals surface area contributed by atoms with Crippen molar-refractivity contribution in [3.05, 3.63) is 53.1 Å². The summed E-state index contributed by atoms with van der Waals surface area (Å²) in [5.41, 5.74) is 10.4. The maximum Gasteiger partial charge on any atom is 1.00 e. The Morgan fingerprint density at radius 2 is 1.32 bits per heavy atom. The van der Waals surface area contributed by atoms with Gasteiger partial charge in [0.25, 0.3) is 0 Å². The van der Waals surface area contributed by atoms with Gasteiger partial charge in [0.15, 0.2) is 5.96 Å². The number of nitrogens with zero attached hydrogens (tertiary/aromatic N) is 1. The molecule has 16 heteroatoms. The first-order valence-electron chi connectivity index (χ1n) is 9.38. The van der Waals surface area contributed by atoms with E-state index in [1.54, 1.807) is 38.1 Å². The molecule has 0 bridgehead atoms. The van der Waals surface area contributed by atoms with Gasteiger partial charge in [-0.15, -0.1) is 0 Å². The minimum Gasteiger partial charge on any atom is -0.545 e. The van der Waals surface area contributed by atoms with E-state index in [1.165, 1.54) is 0 Å². The minimum absolute atomic E-state index is 0. The van der Waals surface area contributed by atoms with Crippen LogP contribution >= 0.6 is 0 Å². The van der Waals surface area contributed by atoms with E-state index in [1.807, 2.05) is 0 Å². The SMILES string of the molecule is CC(C)/C(C(=O)[O-])=C(\Cc1ccc(OCCN=C(N)N)cc1)C(=O)[O-].O=C([O-])/C=C\C(=O)[O-].[Na+].[Na+].[Na+].[Na+]. The fourth-order valence-electron chi connectivity index (χ4n) is 2.37. The standard InChI is InChI=1S/C17H23N3O5.C4H4O4.4Na/c1-10(2)14(16(23)24)13(15(21)22)9-11-3-5-12(6-4-11)25-8-7-20-17(18)19;5-3(6)1-2-4(7)8;;;;/h3-6,10H,7-9H2,1-2H3,(H,21,22)(H,23,24)(H4,18,19,20);1-2H,(H,5,6)(H,7,8);;;;/q;;4*+1/p-4/b14-13-;2-1-;;;;. The van der Waals surface area contributed by atoms with Crippen LogP contribution in [0.2, 0.25) is 0 Å². The first kappa shape index (κ1) is 46.5. The molecule has 0 saturated carbocycles. The molecule has 0 fully saturated rings. The first-order valence-corrected chi connectivity index (χ1v) is 9.38. The molecule has 0 atom stereocenters. The van der Waals surface area contributed by atoms with Crippen molar-refractivity contribution >= 4 is 29.8 Å². The van der Waals surface area contributed by atoms with Gasteiger partial charge < -0.3 is 55.8 Å². The molecular formula is C21H23N3Na4O9. The summed E-state index contributed by atoms with van der Waals surface area (Å²) in [5.74, 6) is -6.09. The van der Waals surface area contributed by atoms with Crippen molar-refractivity contribution in [2.75, 3.05) is 13.2 Å². The Hall–Kier alpha value is -0.350. The molecular weight excluding hydrogens is 530 g/mol. The van der Waals surface area contributed by atoms with Gasteiger partial charge in [-0.2, -0.15) is 0 Å². The number of aliphatic carboxylic acids is 4. The van der Waals surface area contributed by atoms with Crippen LogP contribution in [0.4, 0.5) is 0 Å². The summed E-state index contributed by atoms with van der Waals surface area (Å²) in [5, 5.41) is 41.4. The minimum atomic E-state index is -1.55. The number of carboxylic acids is 4. The Morgan fingerprint density at radius 1 is 0.865 bits per heavy atom. The summed E-state index contributed by atoms with van der Waals surface area (Å²) >= 11 is 0. The smallest absolute Gasteiger partial charge is 0.545 e. The van der Waals surface area contributed by atoms with E-state index in [0.717, 1.165) is 0 Å². The van der Waals surface area contributed by atoms with E-state index in [-0.39, 0.29) is 148 Å². The van der Waals surface area contributed by atoms with Gasteiger partial charge in [-0.1, -0.05) is 26.0 Å². The number of carbonyl (C=O) groups excluding carboxylic acids is 4. The number of guanidine groups is 1. The van der Waals surface area contributed by atoms with Crippen molar-refractivity contribution in [3.8, 4) is 5.75 Å². The van der Waals surface area contributed by atoms with Crippen LogP contribution in [-0.2, 0) is 25.6 Å².